The summed E-state index contributed by atoms with van der Waals surface area (Å²) in [5.41, 5.74) is 0.893. The minimum Gasteiger partial charge on any atom is -0.569 e. The first-order chi connectivity index (χ1) is 22.7. The lowest BCUT2D eigenvalue weighted by molar-refractivity contribution is -0.725. The third-order valence-electron chi connectivity index (χ3n) is 7.64. The van der Waals surface area contributed by atoms with Crippen molar-refractivity contribution < 1.29 is 45.8 Å². The van der Waals surface area contributed by atoms with Gasteiger partial charge in [0.25, 0.3) is 21.8 Å². The van der Waals surface area contributed by atoms with Crippen molar-refractivity contribution in [1.29, 1.82) is 0 Å². The summed E-state index contributed by atoms with van der Waals surface area (Å²) in [6, 6.07) is 18.6. The number of nitrogens with one attached hydrogen (secondary N) is 1. The molecule has 0 atom stereocenters. The van der Waals surface area contributed by atoms with E-state index in [0.29, 0.717) is 5.56 Å². The predicted octanol–water partition coefficient (Wildman–Crippen LogP) is 3.67. The molecule has 2 aliphatic rings. The summed E-state index contributed by atoms with van der Waals surface area (Å²) in [7, 11) is -4.40. The molecule has 14 nitrogen and oxygen atoms in total. The fourth-order valence-corrected chi connectivity index (χ4v) is 6.03. The predicted molar refractivity (Wildman–Crippen MR) is 158 cm³/mol. The number of amides is 3. The number of hydrazine groups is 1. The fraction of sp³-hybridized carbons (Fsp3) is 0.200. The third kappa shape index (κ3) is 6.16. The highest BCUT2D eigenvalue weighted by Gasteiger charge is 2.41. The van der Waals surface area contributed by atoms with Gasteiger partial charge in [0.1, 0.15) is 0 Å². The topological polar surface area (TPSA) is 169 Å². The van der Waals surface area contributed by atoms with E-state index >= 15 is 0 Å². The van der Waals surface area contributed by atoms with Crippen molar-refractivity contribution in [3.8, 4) is 16.9 Å². The number of benzene rings is 3. The van der Waals surface area contributed by atoms with Gasteiger partial charge >= 0.3 is 6.18 Å². The molecular weight excluding hydrogens is 659 g/mol. The van der Waals surface area contributed by atoms with Crippen LogP contribution < -0.4 is 4.72 Å². The van der Waals surface area contributed by atoms with Crippen molar-refractivity contribution in [2.24, 2.45) is 11.2 Å². The van der Waals surface area contributed by atoms with E-state index in [9.17, 15) is 41.2 Å². The Morgan fingerprint density at radius 2 is 1.62 bits per heavy atom. The van der Waals surface area contributed by atoms with E-state index in [1.54, 1.807) is 36.4 Å². The van der Waals surface area contributed by atoms with Crippen LogP contribution in [0.25, 0.3) is 16.9 Å². The van der Waals surface area contributed by atoms with Gasteiger partial charge in [-0.1, -0.05) is 42.0 Å². The first-order valence-electron chi connectivity index (χ1n) is 14.1. The van der Waals surface area contributed by atoms with Gasteiger partial charge in [0.05, 0.1) is 51.4 Å². The van der Waals surface area contributed by atoms with Crippen molar-refractivity contribution in [3.05, 3.63) is 106 Å². The summed E-state index contributed by atoms with van der Waals surface area (Å²) < 4.78 is 69.4. The normalized spacial score (nSPS) is 15.4. The van der Waals surface area contributed by atoms with Crippen LogP contribution in [0.5, 0.6) is 0 Å². The Labute approximate surface area is 270 Å². The van der Waals surface area contributed by atoms with Crippen molar-refractivity contribution in [1.82, 2.24) is 24.4 Å². The molecule has 0 spiro atoms. The molecule has 6 rings (SSSR count). The highest BCUT2D eigenvalue weighted by Crippen LogP contribution is 2.33. The number of nitrogens with zero attached hydrogens (tertiary/aromatic N) is 6. The molecule has 3 heterocycles. The minimum absolute atomic E-state index is 0.0134. The monoisotopic (exact) mass is 683 g/mol. The number of imide groups is 1. The molecule has 3 amide bonds. The van der Waals surface area contributed by atoms with Gasteiger partial charge in [-0.25, -0.2) is 22.7 Å². The number of sulfonamides is 1. The Balaban J connectivity index is 1.06. The van der Waals surface area contributed by atoms with E-state index in [-0.39, 0.29) is 45.5 Å². The number of hydrogen-bond donors (Lipinski definition) is 1. The maximum Gasteiger partial charge on any atom is 0.435 e. The van der Waals surface area contributed by atoms with Crippen molar-refractivity contribution in [3.63, 3.8) is 0 Å². The molecule has 48 heavy (non-hydrogen) atoms. The van der Waals surface area contributed by atoms with E-state index in [4.69, 9.17) is 4.84 Å². The van der Waals surface area contributed by atoms with E-state index in [1.807, 2.05) is 11.6 Å². The number of alkyl halides is 3. The van der Waals surface area contributed by atoms with Crippen LogP contribution in [0.3, 0.4) is 0 Å². The average Bonchev–Trinajstić information content (AvgIpc) is 3.57. The van der Waals surface area contributed by atoms with E-state index in [1.165, 1.54) is 24.3 Å². The van der Waals surface area contributed by atoms with E-state index in [0.717, 1.165) is 38.4 Å². The minimum atomic E-state index is -4.72. The highest BCUT2D eigenvalue weighted by atomic mass is 32.2. The van der Waals surface area contributed by atoms with Crippen LogP contribution in [0.4, 0.5) is 13.2 Å². The molecule has 1 aromatic heterocycles. The zero-order valence-corrected chi connectivity index (χ0v) is 25.6. The molecule has 0 aliphatic carbocycles. The Morgan fingerprint density at radius 3 is 2.21 bits per heavy atom. The number of rotatable bonds is 9. The molecule has 1 saturated heterocycles. The molecule has 4 aromatic rings. The van der Waals surface area contributed by atoms with E-state index < -0.39 is 52.3 Å². The number of aromatic nitrogens is 2. The molecule has 1 N–H and O–H groups in total. The van der Waals surface area contributed by atoms with Crippen LogP contribution in [0, 0.1) is 18.0 Å². The summed E-state index contributed by atoms with van der Waals surface area (Å²) in [5, 5.41) is 20.2. The van der Waals surface area contributed by atoms with Crippen LogP contribution >= 0.6 is 0 Å². The molecule has 3 aromatic carbocycles. The molecule has 1 fully saturated rings. The maximum absolute atomic E-state index is 13.5. The van der Waals surface area contributed by atoms with Gasteiger partial charge in [-0.3, -0.25) is 14.4 Å². The Morgan fingerprint density at radius 1 is 1.02 bits per heavy atom. The SMILES string of the molecule is Cc1ccc(-c2cc(C(F)(F)F)nn2-c2ccc(S(=O)(=O)NC(=O)C3CN(/[N+]([O-])=N/OCN4C(=O)c5ccccc5C4=O)C3)cc2)cc1. The van der Waals surface area contributed by atoms with E-state index in [2.05, 4.69) is 10.4 Å². The van der Waals surface area contributed by atoms with Crippen LogP contribution in [0.2, 0.25) is 0 Å². The van der Waals surface area contributed by atoms with Gasteiger partial charge in [-0.2, -0.15) is 18.3 Å². The van der Waals surface area contributed by atoms with Gasteiger partial charge in [-0.15, -0.1) is 5.01 Å². The number of aryl methyl sites for hydroxylation is 1. The Kier molecular flexibility index (Phi) is 8.11. The molecule has 248 valence electrons. The molecular formula is C30H24F3N7O7S. The number of carbonyl (C=O) groups is 3. The summed E-state index contributed by atoms with van der Waals surface area (Å²) in [5.74, 6) is -3.03. The lowest BCUT2D eigenvalue weighted by Gasteiger charge is -2.32. The largest absolute Gasteiger partial charge is 0.569 e. The maximum atomic E-state index is 13.5. The van der Waals surface area contributed by atoms with Crippen molar-refractivity contribution >= 4 is 27.7 Å². The molecule has 0 radical (unpaired) electrons. The van der Waals surface area contributed by atoms with Gasteiger partial charge in [-0.05, 0) is 49.4 Å². The number of carbonyl (C=O) groups excluding carboxylic acids is 3. The summed E-state index contributed by atoms with van der Waals surface area (Å²) >= 11 is 0. The zero-order chi connectivity index (χ0) is 34.4. The zero-order valence-electron chi connectivity index (χ0n) is 24.8. The molecule has 0 saturated carbocycles. The second-order valence-electron chi connectivity index (χ2n) is 10.9. The third-order valence-corrected chi connectivity index (χ3v) is 9.00. The lowest BCUT2D eigenvalue weighted by atomic mass is 10.0. The standard InChI is InChI=1S/C30H24F3N7O7S/c1-18-6-8-19(9-7-18)25-14-26(30(31,32)33)34-39(25)21-10-12-22(13-11-21)48(45,46)35-27(41)20-15-37(16-20)40(44)36-47-17-38-28(42)23-4-2-3-5-24(23)29(38)43/h2-14,20H,15-17H2,1H3,(H,35,41)/b40-36-. The highest BCUT2D eigenvalue weighted by molar-refractivity contribution is 7.90. The van der Waals surface area contributed by atoms with Crippen LogP contribution in [-0.2, 0) is 25.8 Å². The fourth-order valence-electron chi connectivity index (χ4n) is 4.99. The lowest BCUT2D eigenvalue weighted by Crippen LogP contribution is -2.56. The Hall–Kier alpha value is -5.78. The molecule has 0 unspecified atom stereocenters. The average molecular weight is 684 g/mol. The van der Waals surface area contributed by atoms with Crippen LogP contribution in [0.1, 0.15) is 32.0 Å². The van der Waals surface area contributed by atoms with Crippen LogP contribution in [0.15, 0.2) is 89.0 Å². The van der Waals surface area contributed by atoms with Crippen molar-refractivity contribution in [2.45, 2.75) is 18.0 Å². The van der Waals surface area contributed by atoms with Crippen LogP contribution in [-0.4, -0.2) is 70.6 Å². The van der Waals surface area contributed by atoms with Crippen molar-refractivity contribution in [2.75, 3.05) is 19.8 Å². The first-order valence-corrected chi connectivity index (χ1v) is 15.6. The molecule has 2 aliphatic heterocycles. The molecule has 0 bridgehead atoms. The molecule has 18 heteroatoms. The second kappa shape index (κ2) is 12.1. The smallest absolute Gasteiger partial charge is 0.435 e. The number of halogens is 3. The van der Waals surface area contributed by atoms with Gasteiger partial charge in [0.15, 0.2) is 5.69 Å². The second-order valence-corrected chi connectivity index (χ2v) is 12.6. The first kappa shape index (κ1) is 32.2. The summed E-state index contributed by atoms with van der Waals surface area (Å²) in [6.45, 7) is 0.770. The van der Waals surface area contributed by atoms with Gasteiger partial charge in [0, 0.05) is 5.56 Å². The summed E-state index contributed by atoms with van der Waals surface area (Å²) in [4.78, 5) is 42.7. The van der Waals surface area contributed by atoms with Gasteiger partial charge in [0.2, 0.25) is 17.9 Å². The number of fused-ring (bicyclic) bond motifs is 1. The van der Waals surface area contributed by atoms with Gasteiger partial charge < -0.3 is 10.0 Å². The number of hydrogen-bond acceptors (Lipinski definition) is 9. The Bertz CT molecular complexity index is 2020. The quantitative estimate of drug-likeness (QED) is 0.120. The summed E-state index contributed by atoms with van der Waals surface area (Å²) in [6.07, 6.45) is -4.72.